The van der Waals surface area contributed by atoms with Gasteiger partial charge in [0, 0.05) is 30.7 Å². The Hall–Kier alpha value is -2.57. The van der Waals surface area contributed by atoms with E-state index in [4.69, 9.17) is 21.3 Å². The molecule has 2 aliphatic rings. The Balaban J connectivity index is 1.76. The largest absolute Gasteiger partial charge is 0.481 e. The van der Waals surface area contributed by atoms with E-state index in [2.05, 4.69) is 10.2 Å². The second kappa shape index (κ2) is 8.28. The second-order valence-electron chi connectivity index (χ2n) is 8.07. The summed E-state index contributed by atoms with van der Waals surface area (Å²) in [7, 11) is 0. The van der Waals surface area contributed by atoms with Crippen molar-refractivity contribution < 1.29 is 14.6 Å². The minimum absolute atomic E-state index is 0.201. The molecule has 30 heavy (non-hydrogen) atoms. The Morgan fingerprint density at radius 2 is 2.13 bits per heavy atom. The van der Waals surface area contributed by atoms with Crippen LogP contribution in [0.3, 0.4) is 0 Å². The number of rotatable bonds is 4. The van der Waals surface area contributed by atoms with Gasteiger partial charge in [0.15, 0.2) is 5.75 Å². The van der Waals surface area contributed by atoms with E-state index in [9.17, 15) is 9.90 Å². The highest BCUT2D eigenvalue weighted by Gasteiger charge is 2.43. The number of carboxylic acids is 1. The van der Waals surface area contributed by atoms with Gasteiger partial charge in [0.2, 0.25) is 0 Å². The van der Waals surface area contributed by atoms with E-state index in [0.717, 1.165) is 23.5 Å². The molecule has 0 bridgehead atoms. The van der Waals surface area contributed by atoms with Crippen molar-refractivity contribution in [1.29, 1.82) is 0 Å². The smallest absolute Gasteiger partial charge is 0.311 e. The van der Waals surface area contributed by atoms with E-state index in [0.29, 0.717) is 42.6 Å². The topological polar surface area (TPSA) is 74.2 Å². The molecule has 0 saturated carbocycles. The first kappa shape index (κ1) is 20.7. The monoisotopic (exact) mass is 427 g/mol. The van der Waals surface area contributed by atoms with Gasteiger partial charge in [-0.2, -0.15) is 0 Å². The number of benzene rings is 2. The molecule has 2 aromatic carbocycles. The number of aliphatic imine (C=N–C) groups is 1. The zero-order valence-electron chi connectivity index (χ0n) is 17.2. The average molecular weight is 428 g/mol. The summed E-state index contributed by atoms with van der Waals surface area (Å²) in [6.45, 7) is 5.78. The molecule has 2 unspecified atom stereocenters. The summed E-state index contributed by atoms with van der Waals surface area (Å²) in [6, 6.07) is 13.0. The Bertz CT molecular complexity index is 993. The van der Waals surface area contributed by atoms with Crippen LogP contribution in [0.25, 0.3) is 0 Å². The van der Waals surface area contributed by atoms with Gasteiger partial charge in [0.1, 0.15) is 17.3 Å². The van der Waals surface area contributed by atoms with Crippen molar-refractivity contribution in [2.24, 2.45) is 10.4 Å². The predicted octanol–water partition coefficient (Wildman–Crippen LogP) is 4.69. The molecule has 158 valence electrons. The number of carbonyl (C=O) groups is 1. The SMILES string of the molecule is CCCC(C)(C(=O)O)C1CN(C2=Nc3ccccc3Oc3ccc(Cl)cc32)CCN1. The van der Waals surface area contributed by atoms with Crippen molar-refractivity contribution in [2.45, 2.75) is 32.7 Å². The van der Waals surface area contributed by atoms with Gasteiger partial charge >= 0.3 is 5.97 Å². The fourth-order valence-electron chi connectivity index (χ4n) is 4.25. The van der Waals surface area contributed by atoms with Crippen LogP contribution in [0.15, 0.2) is 47.5 Å². The molecule has 6 nitrogen and oxygen atoms in total. The summed E-state index contributed by atoms with van der Waals surface area (Å²) in [5, 5.41) is 14.0. The van der Waals surface area contributed by atoms with Gasteiger partial charge in [0.05, 0.1) is 11.0 Å². The molecule has 0 radical (unpaired) electrons. The lowest BCUT2D eigenvalue weighted by Gasteiger charge is -2.42. The van der Waals surface area contributed by atoms with Gasteiger partial charge in [0.25, 0.3) is 0 Å². The summed E-state index contributed by atoms with van der Waals surface area (Å²) < 4.78 is 6.14. The van der Waals surface area contributed by atoms with Crippen molar-refractivity contribution in [2.75, 3.05) is 19.6 Å². The minimum atomic E-state index is -0.857. The Morgan fingerprint density at radius 3 is 2.90 bits per heavy atom. The highest BCUT2D eigenvalue weighted by Crippen LogP contribution is 2.39. The van der Waals surface area contributed by atoms with E-state index in [1.54, 1.807) is 6.07 Å². The molecule has 0 aliphatic carbocycles. The van der Waals surface area contributed by atoms with Gasteiger partial charge in [-0.15, -0.1) is 0 Å². The number of hydrogen-bond donors (Lipinski definition) is 2. The molecule has 4 rings (SSSR count). The molecule has 0 amide bonds. The summed E-state index contributed by atoms with van der Waals surface area (Å²) >= 11 is 6.31. The number of ether oxygens (including phenoxy) is 1. The summed E-state index contributed by atoms with van der Waals surface area (Å²) in [6.07, 6.45) is 1.41. The maximum atomic E-state index is 12.1. The third-order valence-electron chi connectivity index (χ3n) is 6.00. The van der Waals surface area contributed by atoms with Crippen molar-refractivity contribution >= 4 is 29.1 Å². The lowest BCUT2D eigenvalue weighted by atomic mass is 9.77. The number of nitrogens with zero attached hydrogens (tertiary/aromatic N) is 2. The summed E-state index contributed by atoms with van der Waals surface area (Å²) in [5.74, 6) is 1.36. The van der Waals surface area contributed by atoms with Gasteiger partial charge in [-0.1, -0.05) is 37.1 Å². The van der Waals surface area contributed by atoms with Gasteiger partial charge in [-0.25, -0.2) is 4.99 Å². The van der Waals surface area contributed by atoms with Gasteiger partial charge < -0.3 is 20.1 Å². The number of halogens is 1. The Kier molecular flexibility index (Phi) is 5.71. The van der Waals surface area contributed by atoms with Crippen LogP contribution in [0.4, 0.5) is 5.69 Å². The van der Waals surface area contributed by atoms with E-state index in [-0.39, 0.29) is 6.04 Å². The predicted molar refractivity (Wildman–Crippen MR) is 118 cm³/mol. The Labute approximate surface area is 181 Å². The molecule has 1 fully saturated rings. The maximum Gasteiger partial charge on any atom is 0.311 e. The average Bonchev–Trinajstić information content (AvgIpc) is 2.90. The van der Waals surface area contributed by atoms with Crippen molar-refractivity contribution in [3.05, 3.63) is 53.1 Å². The van der Waals surface area contributed by atoms with Crippen LogP contribution in [0.2, 0.25) is 5.02 Å². The number of aliphatic carboxylic acids is 1. The fourth-order valence-corrected chi connectivity index (χ4v) is 4.43. The first-order chi connectivity index (χ1) is 14.4. The highest BCUT2D eigenvalue weighted by molar-refractivity contribution is 6.31. The molecule has 2 aromatic rings. The lowest BCUT2D eigenvalue weighted by Crippen LogP contribution is -2.60. The van der Waals surface area contributed by atoms with Crippen LogP contribution in [-0.2, 0) is 4.79 Å². The number of hydrogen-bond acceptors (Lipinski definition) is 5. The third kappa shape index (κ3) is 3.77. The minimum Gasteiger partial charge on any atom is -0.481 e. The first-order valence-corrected chi connectivity index (χ1v) is 10.7. The molecule has 2 aliphatic heterocycles. The fraction of sp³-hybridized carbons (Fsp3) is 0.391. The molecule has 0 spiro atoms. The standard InChI is InChI=1S/C23H26ClN3O3/c1-3-10-23(2,22(28)29)20-14-27(12-11-25-20)21-16-13-15(24)8-9-18(16)30-19-7-5-4-6-17(19)26-21/h4-9,13,20,25H,3,10-12,14H2,1-2H3,(H,28,29). The summed E-state index contributed by atoms with van der Waals surface area (Å²) in [5.41, 5.74) is 0.695. The maximum absolute atomic E-state index is 12.1. The molecular formula is C23H26ClN3O3. The van der Waals surface area contributed by atoms with Crippen LogP contribution in [0.5, 0.6) is 11.5 Å². The first-order valence-electron chi connectivity index (χ1n) is 10.3. The highest BCUT2D eigenvalue weighted by atomic mass is 35.5. The van der Waals surface area contributed by atoms with Crippen LogP contribution < -0.4 is 10.1 Å². The van der Waals surface area contributed by atoms with E-state index < -0.39 is 11.4 Å². The van der Waals surface area contributed by atoms with Crippen LogP contribution in [-0.4, -0.2) is 47.5 Å². The third-order valence-corrected chi connectivity index (χ3v) is 6.23. The van der Waals surface area contributed by atoms with Crippen molar-refractivity contribution in [3.63, 3.8) is 0 Å². The second-order valence-corrected chi connectivity index (χ2v) is 8.51. The zero-order valence-corrected chi connectivity index (χ0v) is 17.9. The molecule has 2 atom stereocenters. The quantitative estimate of drug-likeness (QED) is 0.740. The molecule has 1 saturated heterocycles. The number of nitrogens with one attached hydrogen (secondary N) is 1. The number of fused-ring (bicyclic) bond motifs is 2. The summed E-state index contributed by atoms with van der Waals surface area (Å²) in [4.78, 5) is 19.2. The van der Waals surface area contributed by atoms with Gasteiger partial charge in [-0.3, -0.25) is 4.79 Å². The van der Waals surface area contributed by atoms with E-state index in [1.165, 1.54) is 0 Å². The van der Waals surface area contributed by atoms with Crippen LogP contribution in [0.1, 0.15) is 32.3 Å². The Morgan fingerprint density at radius 1 is 1.33 bits per heavy atom. The molecule has 7 heteroatoms. The molecule has 0 aromatic heterocycles. The van der Waals surface area contributed by atoms with Crippen molar-refractivity contribution in [1.82, 2.24) is 10.2 Å². The zero-order chi connectivity index (χ0) is 21.3. The molecule has 2 heterocycles. The van der Waals surface area contributed by atoms with E-state index in [1.807, 2.05) is 50.2 Å². The lowest BCUT2D eigenvalue weighted by molar-refractivity contribution is -0.151. The number of amidine groups is 1. The van der Waals surface area contributed by atoms with Crippen LogP contribution in [0, 0.1) is 5.41 Å². The van der Waals surface area contributed by atoms with Crippen LogP contribution >= 0.6 is 11.6 Å². The van der Waals surface area contributed by atoms with Crippen molar-refractivity contribution in [3.8, 4) is 11.5 Å². The number of para-hydroxylation sites is 2. The molecule has 2 N–H and O–H groups in total. The number of piperazine rings is 1. The normalized spacial score (nSPS) is 20.2. The van der Waals surface area contributed by atoms with Gasteiger partial charge in [-0.05, 0) is 43.7 Å². The molecular weight excluding hydrogens is 402 g/mol. The van der Waals surface area contributed by atoms with E-state index >= 15 is 0 Å². The number of carboxylic acid groups (broad SMARTS) is 1.